The van der Waals surface area contributed by atoms with Crippen molar-refractivity contribution in [1.29, 1.82) is 0 Å². The first-order valence-corrected chi connectivity index (χ1v) is 11.0. The van der Waals surface area contributed by atoms with Gasteiger partial charge in [-0.2, -0.15) is 0 Å². The summed E-state index contributed by atoms with van der Waals surface area (Å²) in [6, 6.07) is 5.51. The van der Waals surface area contributed by atoms with Gasteiger partial charge < -0.3 is 14.3 Å². The Hall–Kier alpha value is -1.21. The second kappa shape index (κ2) is 11.1. The van der Waals surface area contributed by atoms with Crippen molar-refractivity contribution in [2.24, 2.45) is 0 Å². The maximum atomic E-state index is 12.9. The van der Waals surface area contributed by atoms with Gasteiger partial charge in [0.1, 0.15) is 5.76 Å². The second-order valence-electron chi connectivity index (χ2n) is 7.02. The molecular weight excluding hydrogens is 417 g/mol. The lowest BCUT2D eigenvalue weighted by Crippen LogP contribution is -2.34. The van der Waals surface area contributed by atoms with Gasteiger partial charge in [-0.1, -0.05) is 34.4 Å². The van der Waals surface area contributed by atoms with Crippen LogP contribution in [0.4, 0.5) is 0 Å². The Kier molecular flexibility index (Phi) is 9.15. The van der Waals surface area contributed by atoms with E-state index in [-0.39, 0.29) is 5.91 Å². The van der Waals surface area contributed by atoms with Gasteiger partial charge in [-0.05, 0) is 58.6 Å². The zero-order chi connectivity index (χ0) is 20.7. The molecule has 1 aromatic carbocycles. The standard InChI is InChI=1S/C20H27Cl2N3O2S/c1-14-17(15(2)27-23-14)12-28-13-20(26)25(9-5-8-24(3)4)11-16-6-7-18(21)19(22)10-16/h6-7,10H,5,8-9,11-13H2,1-4H3. The van der Waals surface area contributed by atoms with Gasteiger partial charge in [-0.25, -0.2) is 0 Å². The third kappa shape index (κ3) is 6.99. The summed E-state index contributed by atoms with van der Waals surface area (Å²) in [7, 11) is 4.06. The van der Waals surface area contributed by atoms with Crippen LogP contribution in [0.15, 0.2) is 22.7 Å². The van der Waals surface area contributed by atoms with Gasteiger partial charge in [0.15, 0.2) is 0 Å². The highest BCUT2D eigenvalue weighted by molar-refractivity contribution is 7.99. The highest BCUT2D eigenvalue weighted by Gasteiger charge is 2.16. The molecule has 0 N–H and O–H groups in total. The van der Waals surface area contributed by atoms with E-state index in [9.17, 15) is 4.79 Å². The van der Waals surface area contributed by atoms with Gasteiger partial charge in [0.05, 0.1) is 21.5 Å². The summed E-state index contributed by atoms with van der Waals surface area (Å²) < 4.78 is 5.19. The lowest BCUT2D eigenvalue weighted by Gasteiger charge is -2.24. The minimum atomic E-state index is 0.113. The molecule has 2 aromatic rings. The molecule has 2 rings (SSSR count). The van der Waals surface area contributed by atoms with Crippen LogP contribution < -0.4 is 0 Å². The molecule has 0 saturated carbocycles. The maximum Gasteiger partial charge on any atom is 0.232 e. The first-order chi connectivity index (χ1) is 13.3. The Morgan fingerprint density at radius 3 is 2.54 bits per heavy atom. The van der Waals surface area contributed by atoms with Crippen molar-refractivity contribution in [1.82, 2.24) is 15.0 Å². The van der Waals surface area contributed by atoms with Crippen molar-refractivity contribution >= 4 is 40.9 Å². The van der Waals surface area contributed by atoms with Crippen LogP contribution in [0.25, 0.3) is 0 Å². The number of carbonyl (C=O) groups excluding carboxylic acids is 1. The molecule has 5 nitrogen and oxygen atoms in total. The predicted molar refractivity (Wildman–Crippen MR) is 117 cm³/mol. The molecule has 0 saturated heterocycles. The molecule has 28 heavy (non-hydrogen) atoms. The molecule has 1 aromatic heterocycles. The van der Waals surface area contributed by atoms with Crippen LogP contribution in [0.5, 0.6) is 0 Å². The molecule has 0 atom stereocenters. The molecule has 0 aliphatic rings. The van der Waals surface area contributed by atoms with Crippen molar-refractivity contribution in [2.75, 3.05) is 32.9 Å². The third-order valence-corrected chi connectivity index (χ3v) is 6.08. The van der Waals surface area contributed by atoms with E-state index in [1.54, 1.807) is 17.8 Å². The minimum absolute atomic E-state index is 0.113. The molecule has 1 amide bonds. The maximum absolute atomic E-state index is 12.9. The number of rotatable bonds is 10. The van der Waals surface area contributed by atoms with Crippen molar-refractivity contribution in [3.63, 3.8) is 0 Å². The zero-order valence-electron chi connectivity index (χ0n) is 16.8. The summed E-state index contributed by atoms with van der Waals surface area (Å²) in [4.78, 5) is 16.9. The van der Waals surface area contributed by atoms with E-state index in [0.717, 1.165) is 35.5 Å². The van der Waals surface area contributed by atoms with Crippen molar-refractivity contribution < 1.29 is 9.32 Å². The molecule has 0 bridgehead atoms. The Bertz CT molecular complexity index is 776. The van der Waals surface area contributed by atoms with Crippen LogP contribution in [0.3, 0.4) is 0 Å². The van der Waals surface area contributed by atoms with Gasteiger partial charge in [-0.15, -0.1) is 11.8 Å². The molecule has 8 heteroatoms. The molecule has 0 fully saturated rings. The lowest BCUT2D eigenvalue weighted by molar-refractivity contribution is -0.129. The van der Waals surface area contributed by atoms with E-state index >= 15 is 0 Å². The zero-order valence-corrected chi connectivity index (χ0v) is 19.1. The fourth-order valence-corrected chi connectivity index (χ4v) is 4.16. The van der Waals surface area contributed by atoms with Crippen molar-refractivity contribution in [3.05, 3.63) is 50.8 Å². The first-order valence-electron chi connectivity index (χ1n) is 9.14. The number of hydrogen-bond donors (Lipinski definition) is 0. The summed E-state index contributed by atoms with van der Waals surface area (Å²) in [5.74, 6) is 2.05. The van der Waals surface area contributed by atoms with Gasteiger partial charge in [0.2, 0.25) is 5.91 Å². The van der Waals surface area contributed by atoms with E-state index in [1.165, 1.54) is 0 Å². The fourth-order valence-electron chi connectivity index (χ4n) is 2.77. The lowest BCUT2D eigenvalue weighted by atomic mass is 10.2. The molecule has 154 valence electrons. The van der Waals surface area contributed by atoms with Crippen LogP contribution in [0, 0.1) is 13.8 Å². The average Bonchev–Trinajstić information content (AvgIpc) is 2.95. The number of amides is 1. The van der Waals surface area contributed by atoms with E-state index < -0.39 is 0 Å². The minimum Gasteiger partial charge on any atom is -0.361 e. The number of carbonyl (C=O) groups is 1. The third-order valence-electron chi connectivity index (χ3n) is 4.40. The smallest absolute Gasteiger partial charge is 0.232 e. The van der Waals surface area contributed by atoms with Crippen molar-refractivity contribution in [3.8, 4) is 0 Å². The summed E-state index contributed by atoms with van der Waals surface area (Å²) in [6.07, 6.45) is 0.911. The molecule has 0 radical (unpaired) electrons. The highest BCUT2D eigenvalue weighted by Crippen LogP contribution is 2.24. The predicted octanol–water partition coefficient (Wildman–Crippen LogP) is 4.81. The average molecular weight is 444 g/mol. The summed E-state index contributed by atoms with van der Waals surface area (Å²) in [5.41, 5.74) is 2.93. The number of halogens is 2. The number of nitrogens with zero attached hydrogens (tertiary/aromatic N) is 3. The van der Waals surface area contributed by atoms with E-state index in [2.05, 4.69) is 10.1 Å². The highest BCUT2D eigenvalue weighted by atomic mass is 35.5. The number of thioether (sulfide) groups is 1. The Balaban J connectivity index is 1.98. The normalized spacial score (nSPS) is 11.2. The topological polar surface area (TPSA) is 49.6 Å². The van der Waals surface area contributed by atoms with E-state index in [1.807, 2.05) is 45.0 Å². The molecule has 0 unspecified atom stereocenters. The summed E-state index contributed by atoms with van der Waals surface area (Å²) in [6.45, 7) is 5.97. The van der Waals surface area contributed by atoms with Gasteiger partial charge >= 0.3 is 0 Å². The molecule has 0 aliphatic heterocycles. The van der Waals surface area contributed by atoms with Crippen LogP contribution in [0.1, 0.15) is 29.0 Å². The Morgan fingerprint density at radius 1 is 1.18 bits per heavy atom. The van der Waals surface area contributed by atoms with Crippen molar-refractivity contribution in [2.45, 2.75) is 32.6 Å². The van der Waals surface area contributed by atoms with Gasteiger partial charge in [-0.3, -0.25) is 4.79 Å². The van der Waals surface area contributed by atoms with Crippen LogP contribution in [-0.4, -0.2) is 53.8 Å². The van der Waals surface area contributed by atoms with Crippen LogP contribution in [-0.2, 0) is 17.1 Å². The number of aromatic nitrogens is 1. The molecular formula is C20H27Cl2N3O2S. The first kappa shape index (κ1) is 23.1. The van der Waals surface area contributed by atoms with Crippen LogP contribution >= 0.6 is 35.0 Å². The van der Waals surface area contributed by atoms with Gasteiger partial charge in [0, 0.05) is 24.4 Å². The molecule has 0 aliphatic carbocycles. The number of hydrogen-bond acceptors (Lipinski definition) is 5. The van der Waals surface area contributed by atoms with E-state index in [0.29, 0.717) is 34.6 Å². The second-order valence-corrected chi connectivity index (χ2v) is 8.82. The number of aryl methyl sites for hydroxylation is 2. The van der Waals surface area contributed by atoms with Crippen LogP contribution in [0.2, 0.25) is 10.0 Å². The Morgan fingerprint density at radius 2 is 1.93 bits per heavy atom. The summed E-state index contributed by atoms with van der Waals surface area (Å²) in [5, 5.41) is 4.99. The monoisotopic (exact) mass is 443 g/mol. The largest absolute Gasteiger partial charge is 0.361 e. The van der Waals surface area contributed by atoms with Gasteiger partial charge in [0.25, 0.3) is 0 Å². The quantitative estimate of drug-likeness (QED) is 0.526. The fraction of sp³-hybridized carbons (Fsp3) is 0.500. The Labute approximate surface area is 181 Å². The SMILES string of the molecule is Cc1noc(C)c1CSCC(=O)N(CCCN(C)C)Cc1ccc(Cl)c(Cl)c1. The number of benzene rings is 1. The van der Waals surface area contributed by atoms with E-state index in [4.69, 9.17) is 27.7 Å². The summed E-state index contributed by atoms with van der Waals surface area (Å²) >= 11 is 13.7. The molecule has 1 heterocycles. The molecule has 0 spiro atoms.